The number of nitrogens with two attached hydrogens (primary N) is 1. The summed E-state index contributed by atoms with van der Waals surface area (Å²) in [5.74, 6) is -0.931. The minimum atomic E-state index is -4.19. The van der Waals surface area contributed by atoms with E-state index in [1.807, 2.05) is 20.8 Å². The molecule has 2 unspecified atom stereocenters. The molecule has 2 saturated heterocycles. The summed E-state index contributed by atoms with van der Waals surface area (Å²) in [6.45, 7) is 10.7. The van der Waals surface area contributed by atoms with Crippen LogP contribution in [-0.2, 0) is 32.8 Å². The van der Waals surface area contributed by atoms with Crippen LogP contribution in [0.15, 0.2) is 67.0 Å². The molecule has 3 aromatic rings. The van der Waals surface area contributed by atoms with Gasteiger partial charge >= 0.3 is 13.7 Å². The zero-order valence-electron chi connectivity index (χ0n) is 26.7. The molecule has 0 bridgehead atoms. The number of benzene rings is 2. The molecule has 1 amide bonds. The number of carbonyl (C=O) groups excluding carboxylic acids is 2. The van der Waals surface area contributed by atoms with Gasteiger partial charge in [0.05, 0.1) is 12.7 Å². The lowest BCUT2D eigenvalue weighted by Crippen LogP contribution is -2.46. The van der Waals surface area contributed by atoms with Gasteiger partial charge in [0.1, 0.15) is 29.6 Å². The van der Waals surface area contributed by atoms with Crippen LogP contribution in [0.5, 0.6) is 5.75 Å². The highest BCUT2D eigenvalue weighted by Crippen LogP contribution is 2.48. The number of hydrogen-bond donors (Lipinski definition) is 2. The zero-order valence-corrected chi connectivity index (χ0v) is 27.6. The van der Waals surface area contributed by atoms with Crippen molar-refractivity contribution >= 4 is 19.6 Å². The van der Waals surface area contributed by atoms with Crippen molar-refractivity contribution in [2.75, 3.05) is 6.61 Å². The predicted octanol–water partition coefficient (Wildman–Crippen LogP) is 4.51. The van der Waals surface area contributed by atoms with E-state index in [1.165, 1.54) is 6.92 Å². The number of amides is 1. The number of fused-ring (bicyclic) bond motifs is 1. The monoisotopic (exact) mass is 654 g/mol. The summed E-state index contributed by atoms with van der Waals surface area (Å²) in [4.78, 5) is 24.6. The van der Waals surface area contributed by atoms with Crippen molar-refractivity contribution in [1.29, 1.82) is 0 Å². The second-order valence-electron chi connectivity index (χ2n) is 11.8. The van der Waals surface area contributed by atoms with E-state index in [4.69, 9.17) is 33.7 Å². The molecule has 2 aromatic carbocycles. The maximum Gasteiger partial charge on any atom is 0.459 e. The summed E-state index contributed by atoms with van der Waals surface area (Å²) in [6.07, 6.45) is -0.572. The molecular formula is C33H41N3O9P+. The lowest BCUT2D eigenvalue weighted by atomic mass is 9.99. The molecule has 0 aliphatic carbocycles. The number of pyridine rings is 1. The Bertz CT molecular complexity index is 1600. The average Bonchev–Trinajstić information content (AvgIpc) is 3.55. The number of primary amides is 1. The van der Waals surface area contributed by atoms with E-state index in [2.05, 4.69) is 17.2 Å². The fraction of sp³-hybridized carbons (Fsp3) is 0.424. The molecule has 3 N–H and O–H groups in total. The van der Waals surface area contributed by atoms with Gasteiger partial charge in [-0.1, -0.05) is 35.9 Å². The van der Waals surface area contributed by atoms with Crippen LogP contribution in [0, 0.1) is 20.8 Å². The van der Waals surface area contributed by atoms with Crippen LogP contribution in [0.25, 0.3) is 0 Å². The number of para-hydroxylation sites is 1. The van der Waals surface area contributed by atoms with Gasteiger partial charge in [-0.25, -0.2) is 4.57 Å². The number of aryl methyl sites for hydroxylation is 3. The second-order valence-corrected chi connectivity index (χ2v) is 13.5. The quantitative estimate of drug-likeness (QED) is 0.162. The van der Waals surface area contributed by atoms with Gasteiger partial charge in [-0.05, 0) is 70.9 Å². The maximum absolute atomic E-state index is 14.2. The molecule has 46 heavy (non-hydrogen) atoms. The van der Waals surface area contributed by atoms with Crippen molar-refractivity contribution in [1.82, 2.24) is 5.09 Å². The van der Waals surface area contributed by atoms with E-state index < -0.39 is 56.5 Å². The lowest BCUT2D eigenvalue weighted by Gasteiger charge is -2.25. The van der Waals surface area contributed by atoms with Gasteiger partial charge in [-0.3, -0.25) is 14.1 Å². The average molecular weight is 655 g/mol. The van der Waals surface area contributed by atoms with E-state index in [0.29, 0.717) is 0 Å². The van der Waals surface area contributed by atoms with Gasteiger partial charge in [0, 0.05) is 11.6 Å². The largest absolute Gasteiger partial charge is 0.462 e. The van der Waals surface area contributed by atoms with E-state index in [1.54, 1.807) is 73.3 Å². The standard InChI is InChI=1S/C33H40N3O9P/c1-19(2)41-32(38)23(6)35-46(39,45-25-12-8-7-9-13-25)40-18-26-28-29(31(42-26)36-14-10-11-24(17-36)30(34)37)44-33(43-28)27-21(4)15-20(3)16-22(27)5/h7-17,19,23,26,28-29,31,33H,18H2,1-6H3,(H2-,34,35,37,39)/p+1/t23-,26+,28+,29+,31-,33?,46?/m0/s1. The summed E-state index contributed by atoms with van der Waals surface area (Å²) < 4.78 is 52.4. The molecule has 1 aromatic heterocycles. The highest BCUT2D eigenvalue weighted by molar-refractivity contribution is 7.52. The first-order chi connectivity index (χ1) is 21.8. The molecule has 2 fully saturated rings. The van der Waals surface area contributed by atoms with Crippen molar-refractivity contribution in [3.05, 3.63) is 94.8 Å². The smallest absolute Gasteiger partial charge is 0.459 e. The Morgan fingerprint density at radius 2 is 1.65 bits per heavy atom. The highest BCUT2D eigenvalue weighted by atomic mass is 31.2. The summed E-state index contributed by atoms with van der Waals surface area (Å²) in [7, 11) is -4.19. The van der Waals surface area contributed by atoms with Crippen LogP contribution in [0.2, 0.25) is 0 Å². The Kier molecular flexibility index (Phi) is 10.3. The number of rotatable bonds is 12. The molecule has 12 nitrogen and oxygen atoms in total. The van der Waals surface area contributed by atoms with Crippen LogP contribution in [0.1, 0.15) is 65.9 Å². The van der Waals surface area contributed by atoms with Gasteiger partial charge < -0.3 is 29.2 Å². The Morgan fingerprint density at radius 1 is 0.978 bits per heavy atom. The van der Waals surface area contributed by atoms with Crippen LogP contribution in [0.3, 0.4) is 0 Å². The maximum atomic E-state index is 14.2. The number of hydrogen-bond acceptors (Lipinski definition) is 9. The number of esters is 1. The molecule has 0 spiro atoms. The van der Waals surface area contributed by atoms with Crippen molar-refractivity contribution < 1.29 is 46.7 Å². The SMILES string of the molecule is Cc1cc(C)c(C2O[C@@H]3[C@H](O2)[C@@H](COP(=O)(N[C@@H](C)C(=O)OC(C)C)Oc2ccccc2)O[C@@H]3[n+]2cccc(C(N)=O)c2)c(C)c1. The minimum absolute atomic E-state index is 0.251. The van der Waals surface area contributed by atoms with E-state index >= 15 is 0 Å². The first kappa shape index (κ1) is 33.7. The van der Waals surface area contributed by atoms with E-state index in [0.717, 1.165) is 22.3 Å². The molecule has 5 rings (SSSR count). The molecule has 13 heteroatoms. The Balaban J connectivity index is 1.43. The molecule has 2 aliphatic heterocycles. The molecule has 246 valence electrons. The normalized spacial score (nSPS) is 24.3. The van der Waals surface area contributed by atoms with Crippen LogP contribution in [0.4, 0.5) is 0 Å². The lowest BCUT2D eigenvalue weighted by molar-refractivity contribution is -0.766. The predicted molar refractivity (Wildman–Crippen MR) is 167 cm³/mol. The number of ether oxygens (including phenoxy) is 4. The third-order valence-corrected chi connectivity index (χ3v) is 9.30. The van der Waals surface area contributed by atoms with Crippen LogP contribution >= 0.6 is 7.75 Å². The summed E-state index contributed by atoms with van der Waals surface area (Å²) >= 11 is 0. The Labute approximate surface area is 268 Å². The molecule has 3 heterocycles. The zero-order chi connectivity index (χ0) is 33.2. The van der Waals surface area contributed by atoms with E-state index in [9.17, 15) is 14.2 Å². The minimum Gasteiger partial charge on any atom is -0.462 e. The molecular weight excluding hydrogens is 613 g/mol. The fourth-order valence-electron chi connectivity index (χ4n) is 5.71. The van der Waals surface area contributed by atoms with Gasteiger partial charge in [0.15, 0.2) is 24.8 Å². The molecule has 7 atom stereocenters. The topological polar surface area (TPSA) is 149 Å². The Morgan fingerprint density at radius 3 is 2.30 bits per heavy atom. The van der Waals surface area contributed by atoms with Gasteiger partial charge in [0.25, 0.3) is 12.1 Å². The number of nitrogens with one attached hydrogen (secondary N) is 1. The Hall–Kier alpha value is -3.64. The highest BCUT2D eigenvalue weighted by Gasteiger charge is 2.58. The first-order valence-electron chi connectivity index (χ1n) is 15.2. The van der Waals surface area contributed by atoms with Crippen LogP contribution in [-0.4, -0.2) is 48.9 Å². The summed E-state index contributed by atoms with van der Waals surface area (Å²) in [5, 5.41) is 2.70. The number of carbonyl (C=O) groups is 2. The number of aromatic nitrogens is 1. The van der Waals surface area contributed by atoms with Crippen molar-refractivity contribution in [2.45, 2.75) is 84.5 Å². The number of nitrogens with zero attached hydrogens (tertiary/aromatic N) is 1. The third kappa shape index (κ3) is 7.66. The van der Waals surface area contributed by atoms with Crippen molar-refractivity contribution in [3.8, 4) is 5.75 Å². The van der Waals surface area contributed by atoms with Crippen molar-refractivity contribution in [2.24, 2.45) is 5.73 Å². The van der Waals surface area contributed by atoms with Gasteiger partial charge in [-0.15, -0.1) is 0 Å². The van der Waals surface area contributed by atoms with E-state index in [-0.39, 0.29) is 24.0 Å². The molecule has 2 aliphatic rings. The van der Waals surface area contributed by atoms with Gasteiger partial charge in [-0.2, -0.15) is 9.65 Å². The third-order valence-electron chi connectivity index (χ3n) is 7.66. The summed E-state index contributed by atoms with van der Waals surface area (Å²) in [6, 6.07) is 14.9. The summed E-state index contributed by atoms with van der Waals surface area (Å²) in [5.41, 5.74) is 9.90. The van der Waals surface area contributed by atoms with Crippen LogP contribution < -0.4 is 19.9 Å². The first-order valence-corrected chi connectivity index (χ1v) is 16.7. The molecule has 0 saturated carbocycles. The molecule has 0 radical (unpaired) electrons. The second kappa shape index (κ2) is 14.0. The fourth-order valence-corrected chi connectivity index (χ4v) is 7.21. The van der Waals surface area contributed by atoms with Crippen molar-refractivity contribution in [3.63, 3.8) is 0 Å². The van der Waals surface area contributed by atoms with Gasteiger partial charge in [0.2, 0.25) is 0 Å².